The number of thiocarbonyl (C=S) groups is 1. The summed E-state index contributed by atoms with van der Waals surface area (Å²) in [5.41, 5.74) is 1.68. The molecule has 0 bridgehead atoms. The summed E-state index contributed by atoms with van der Waals surface area (Å²) in [5.74, 6) is 0.830. The van der Waals surface area contributed by atoms with Crippen LogP contribution in [0.2, 0.25) is 0 Å². The van der Waals surface area contributed by atoms with Crippen molar-refractivity contribution in [2.45, 2.75) is 32.5 Å². The molecule has 4 rings (SSSR count). The molecule has 0 unspecified atom stereocenters. The number of hydrogen-bond acceptors (Lipinski definition) is 6. The predicted octanol–water partition coefficient (Wildman–Crippen LogP) is 5.79. The first-order valence-corrected chi connectivity index (χ1v) is 13.0. The molecule has 2 aromatic carbocycles. The van der Waals surface area contributed by atoms with Crippen LogP contribution < -0.4 is 9.47 Å². The Labute approximate surface area is 215 Å². The van der Waals surface area contributed by atoms with E-state index >= 15 is 0 Å². The second-order valence-corrected chi connectivity index (χ2v) is 10.4. The van der Waals surface area contributed by atoms with Crippen molar-refractivity contribution in [3.63, 3.8) is 0 Å². The largest absolute Gasteiger partial charge is 0.490 e. The Morgan fingerprint density at radius 3 is 2.79 bits per heavy atom. The summed E-state index contributed by atoms with van der Waals surface area (Å²) in [6.07, 6.45) is 3.85. The molecule has 2 heterocycles. The van der Waals surface area contributed by atoms with Gasteiger partial charge in [0.05, 0.1) is 27.7 Å². The normalized spacial score (nSPS) is 19.5. The minimum absolute atomic E-state index is 0.0508. The molecule has 2 fully saturated rings. The Kier molecular flexibility index (Phi) is 8.26. The number of rotatable bonds is 8. The summed E-state index contributed by atoms with van der Waals surface area (Å²) >= 11 is 8.95. The van der Waals surface area contributed by atoms with Crippen molar-refractivity contribution >= 4 is 62.9 Å². The highest BCUT2D eigenvalue weighted by molar-refractivity contribution is 14.1. The minimum atomic E-state index is -0.283. The summed E-state index contributed by atoms with van der Waals surface area (Å²) in [5, 5.41) is 0. The number of halogens is 2. The molecule has 174 valence electrons. The number of nitrogens with zero attached hydrogens (tertiary/aromatic N) is 1. The number of amides is 1. The predicted molar refractivity (Wildman–Crippen MR) is 140 cm³/mol. The van der Waals surface area contributed by atoms with Gasteiger partial charge in [0.25, 0.3) is 5.91 Å². The quantitative estimate of drug-likeness (QED) is 0.218. The van der Waals surface area contributed by atoms with Crippen LogP contribution in [0.15, 0.2) is 41.3 Å². The zero-order chi connectivity index (χ0) is 23.4. The average molecular weight is 599 g/mol. The molecule has 2 aromatic rings. The van der Waals surface area contributed by atoms with Crippen molar-refractivity contribution in [1.82, 2.24) is 4.90 Å². The summed E-state index contributed by atoms with van der Waals surface area (Å²) in [7, 11) is 0. The highest BCUT2D eigenvalue weighted by Gasteiger charge is 2.34. The fraction of sp³-hybridized carbons (Fsp3) is 0.333. The average Bonchev–Trinajstić information content (AvgIpc) is 3.39. The van der Waals surface area contributed by atoms with E-state index in [0.717, 1.165) is 34.1 Å². The molecule has 2 aliphatic heterocycles. The molecule has 0 N–H and O–H groups in total. The van der Waals surface area contributed by atoms with Crippen LogP contribution in [0.5, 0.6) is 11.5 Å². The van der Waals surface area contributed by atoms with E-state index in [1.54, 1.807) is 17.0 Å². The van der Waals surface area contributed by atoms with Crippen LogP contribution in [0, 0.1) is 9.39 Å². The topological polar surface area (TPSA) is 48.0 Å². The second-order valence-electron chi connectivity index (χ2n) is 7.61. The lowest BCUT2D eigenvalue weighted by atomic mass is 10.1. The number of thioether (sulfide) groups is 1. The van der Waals surface area contributed by atoms with Crippen molar-refractivity contribution in [3.05, 3.63) is 61.8 Å². The van der Waals surface area contributed by atoms with E-state index in [-0.39, 0.29) is 24.4 Å². The van der Waals surface area contributed by atoms with Gasteiger partial charge in [-0.1, -0.05) is 36.1 Å². The van der Waals surface area contributed by atoms with Gasteiger partial charge in [-0.3, -0.25) is 9.69 Å². The first-order chi connectivity index (χ1) is 15.9. The van der Waals surface area contributed by atoms with Gasteiger partial charge in [0.15, 0.2) is 11.5 Å². The summed E-state index contributed by atoms with van der Waals surface area (Å²) in [6.45, 7) is 3.90. The molecule has 1 amide bonds. The molecule has 0 saturated carbocycles. The molecule has 0 radical (unpaired) electrons. The fourth-order valence-corrected chi connectivity index (χ4v) is 5.67. The van der Waals surface area contributed by atoms with Crippen LogP contribution in [0.25, 0.3) is 6.08 Å². The molecule has 0 spiro atoms. The van der Waals surface area contributed by atoms with Crippen LogP contribution in [-0.2, 0) is 16.1 Å². The van der Waals surface area contributed by atoms with Crippen molar-refractivity contribution in [3.8, 4) is 11.5 Å². The van der Waals surface area contributed by atoms with Crippen molar-refractivity contribution in [2.75, 3.05) is 19.8 Å². The van der Waals surface area contributed by atoms with Gasteiger partial charge in [-0.05, 0) is 83.8 Å². The van der Waals surface area contributed by atoms with Crippen LogP contribution >= 0.6 is 46.6 Å². The Morgan fingerprint density at radius 2 is 2.09 bits per heavy atom. The third-order valence-corrected chi connectivity index (χ3v) is 7.39. The van der Waals surface area contributed by atoms with E-state index in [2.05, 4.69) is 22.6 Å². The van der Waals surface area contributed by atoms with Crippen LogP contribution in [0.1, 0.15) is 30.9 Å². The van der Waals surface area contributed by atoms with Crippen LogP contribution in [0.4, 0.5) is 4.39 Å². The van der Waals surface area contributed by atoms with Gasteiger partial charge in [-0.2, -0.15) is 0 Å². The zero-order valence-electron chi connectivity index (χ0n) is 18.0. The van der Waals surface area contributed by atoms with E-state index in [1.165, 1.54) is 23.9 Å². The fourth-order valence-electron chi connectivity index (χ4n) is 3.61. The highest BCUT2D eigenvalue weighted by atomic mass is 127. The molecule has 33 heavy (non-hydrogen) atoms. The number of benzene rings is 2. The van der Waals surface area contributed by atoms with Gasteiger partial charge >= 0.3 is 0 Å². The van der Waals surface area contributed by atoms with E-state index in [9.17, 15) is 9.18 Å². The Morgan fingerprint density at radius 1 is 1.30 bits per heavy atom. The molecule has 9 heteroatoms. The first kappa shape index (κ1) is 24.4. The highest BCUT2D eigenvalue weighted by Crippen LogP contribution is 2.38. The first-order valence-electron chi connectivity index (χ1n) is 10.6. The van der Waals surface area contributed by atoms with Gasteiger partial charge in [0, 0.05) is 6.61 Å². The monoisotopic (exact) mass is 599 g/mol. The van der Waals surface area contributed by atoms with Crippen molar-refractivity contribution in [2.24, 2.45) is 0 Å². The van der Waals surface area contributed by atoms with E-state index in [4.69, 9.17) is 26.4 Å². The number of ether oxygens (including phenoxy) is 3. The standard InChI is InChI=1S/C24H23FINO4S2/c1-2-29-20-11-16(10-19(26)22(20)31-14-15-5-7-17(25)8-6-15)12-21-23(28)27(24(32)33-21)13-18-4-3-9-30-18/h5-8,10-12,18H,2-4,9,13-14H2,1H3/b21-12-/t18-/m0/s1. The SMILES string of the molecule is CCOc1cc(/C=C2\SC(=S)N(C[C@@H]3CCCO3)C2=O)cc(I)c1OCc1ccc(F)cc1. The number of carbonyl (C=O) groups excluding carboxylic acids is 1. The Balaban J connectivity index is 1.52. The molecule has 5 nitrogen and oxygen atoms in total. The third kappa shape index (κ3) is 6.06. The maximum absolute atomic E-state index is 13.2. The summed E-state index contributed by atoms with van der Waals surface area (Å²) in [6, 6.07) is 10.00. The van der Waals surface area contributed by atoms with Crippen molar-refractivity contribution in [1.29, 1.82) is 0 Å². The molecule has 2 saturated heterocycles. The molecule has 2 aliphatic rings. The lowest BCUT2D eigenvalue weighted by Gasteiger charge is -2.18. The number of carbonyl (C=O) groups is 1. The van der Waals surface area contributed by atoms with Crippen LogP contribution in [0.3, 0.4) is 0 Å². The zero-order valence-corrected chi connectivity index (χ0v) is 21.8. The lowest BCUT2D eigenvalue weighted by Crippen LogP contribution is -2.35. The second kappa shape index (κ2) is 11.2. The summed E-state index contributed by atoms with van der Waals surface area (Å²) in [4.78, 5) is 15.2. The Hall–Kier alpha value is -1.69. The van der Waals surface area contributed by atoms with E-state index in [1.807, 2.05) is 25.1 Å². The minimum Gasteiger partial charge on any atom is -0.490 e. The lowest BCUT2D eigenvalue weighted by molar-refractivity contribution is -0.123. The number of hydrogen-bond donors (Lipinski definition) is 0. The summed E-state index contributed by atoms with van der Waals surface area (Å²) < 4.78 is 32.1. The smallest absolute Gasteiger partial charge is 0.266 e. The Bertz CT molecular complexity index is 1070. The van der Waals surface area contributed by atoms with E-state index in [0.29, 0.717) is 33.9 Å². The molecule has 1 atom stereocenters. The molecular weight excluding hydrogens is 576 g/mol. The third-order valence-electron chi connectivity index (χ3n) is 5.21. The molecule has 0 aliphatic carbocycles. The van der Waals surface area contributed by atoms with Gasteiger partial charge in [-0.25, -0.2) is 4.39 Å². The van der Waals surface area contributed by atoms with Gasteiger partial charge < -0.3 is 14.2 Å². The molecule has 0 aromatic heterocycles. The van der Waals surface area contributed by atoms with Crippen molar-refractivity contribution < 1.29 is 23.4 Å². The molecular formula is C24H23FINO4S2. The van der Waals surface area contributed by atoms with Gasteiger partial charge in [0.2, 0.25) is 0 Å². The maximum atomic E-state index is 13.2. The van der Waals surface area contributed by atoms with Gasteiger partial charge in [-0.15, -0.1) is 0 Å². The van der Waals surface area contributed by atoms with Crippen LogP contribution in [-0.4, -0.2) is 41.0 Å². The maximum Gasteiger partial charge on any atom is 0.266 e. The van der Waals surface area contributed by atoms with E-state index < -0.39 is 0 Å². The van der Waals surface area contributed by atoms with Gasteiger partial charge in [0.1, 0.15) is 16.7 Å².